The number of rotatable bonds is 5. The predicted octanol–water partition coefficient (Wildman–Crippen LogP) is 0.204. The molecule has 0 aromatic carbocycles. The number of morpholine rings is 1. The second-order valence-electron chi connectivity index (χ2n) is 4.59. The Kier molecular flexibility index (Phi) is 5.55. The summed E-state index contributed by atoms with van der Waals surface area (Å²) in [5.41, 5.74) is -1.24. The van der Waals surface area contributed by atoms with Crippen molar-refractivity contribution in [3.8, 4) is 0 Å². The summed E-state index contributed by atoms with van der Waals surface area (Å²) < 4.78 is 15.2. The van der Waals surface area contributed by atoms with Gasteiger partial charge in [-0.2, -0.15) is 0 Å². The molecule has 0 aromatic rings. The van der Waals surface area contributed by atoms with Crippen molar-refractivity contribution < 1.29 is 23.8 Å². The molecule has 1 saturated heterocycles. The first-order chi connectivity index (χ1) is 8.45. The minimum Gasteiger partial charge on any atom is -0.463 e. The number of carbonyl (C=O) groups excluding carboxylic acids is 2. The molecule has 6 heteroatoms. The molecule has 0 amide bonds. The lowest BCUT2D eigenvalue weighted by atomic mass is 10.1. The second-order valence-corrected chi connectivity index (χ2v) is 4.59. The Labute approximate surface area is 107 Å². The molecule has 0 saturated carbocycles. The van der Waals surface area contributed by atoms with Gasteiger partial charge in [0.2, 0.25) is 5.60 Å². The molecule has 0 aliphatic carbocycles. The number of nitrogens with zero attached hydrogens (tertiary/aromatic N) is 1. The van der Waals surface area contributed by atoms with E-state index in [9.17, 15) is 9.59 Å². The Morgan fingerprint density at radius 3 is 2.44 bits per heavy atom. The topological polar surface area (TPSA) is 65.1 Å². The number of ether oxygens (including phenoxy) is 3. The fourth-order valence-electron chi connectivity index (χ4n) is 1.61. The zero-order valence-corrected chi connectivity index (χ0v) is 11.2. The first kappa shape index (κ1) is 14.9. The maximum Gasteiger partial charge on any atom is 0.349 e. The molecule has 1 aliphatic rings. The lowest BCUT2D eigenvalue weighted by molar-refractivity contribution is -0.179. The summed E-state index contributed by atoms with van der Waals surface area (Å²) in [6, 6.07) is 0. The van der Waals surface area contributed by atoms with Gasteiger partial charge in [0.1, 0.15) is 0 Å². The molecule has 0 N–H and O–H groups in total. The van der Waals surface area contributed by atoms with Crippen LogP contribution in [-0.4, -0.2) is 61.9 Å². The number of hydrogen-bond donors (Lipinski definition) is 0. The van der Waals surface area contributed by atoms with Crippen LogP contribution in [0.1, 0.15) is 20.8 Å². The van der Waals surface area contributed by atoms with E-state index < -0.39 is 17.5 Å². The Bertz CT molecular complexity index is 297. The summed E-state index contributed by atoms with van der Waals surface area (Å²) in [5.74, 6) is -0.949. The normalized spacial score (nSPS) is 17.3. The molecule has 1 rings (SSSR count). The molecule has 0 atom stereocenters. The average Bonchev–Trinajstić information content (AvgIpc) is 2.29. The van der Waals surface area contributed by atoms with Crippen LogP contribution in [0.4, 0.5) is 0 Å². The molecule has 104 valence electrons. The van der Waals surface area contributed by atoms with Crippen molar-refractivity contribution in [3.05, 3.63) is 0 Å². The van der Waals surface area contributed by atoms with Gasteiger partial charge in [-0.3, -0.25) is 9.69 Å². The summed E-state index contributed by atoms with van der Waals surface area (Å²) in [4.78, 5) is 25.2. The van der Waals surface area contributed by atoms with Crippen LogP contribution in [0.5, 0.6) is 0 Å². The second kappa shape index (κ2) is 6.70. The standard InChI is InChI=1S/C12H21NO5/c1-4-17-11(15)12(2,3)18-10(14)9-13-5-7-16-8-6-13/h4-9H2,1-3H3. The summed E-state index contributed by atoms with van der Waals surface area (Å²) in [7, 11) is 0. The third-order valence-corrected chi connectivity index (χ3v) is 2.59. The van der Waals surface area contributed by atoms with Gasteiger partial charge in [-0.05, 0) is 20.8 Å². The summed E-state index contributed by atoms with van der Waals surface area (Å²) in [6.45, 7) is 7.86. The van der Waals surface area contributed by atoms with Gasteiger partial charge >= 0.3 is 11.9 Å². The van der Waals surface area contributed by atoms with Gasteiger partial charge in [-0.25, -0.2) is 4.79 Å². The van der Waals surface area contributed by atoms with Gasteiger partial charge in [0.25, 0.3) is 0 Å². The van der Waals surface area contributed by atoms with E-state index in [0.717, 1.165) is 0 Å². The van der Waals surface area contributed by atoms with E-state index in [-0.39, 0.29) is 13.2 Å². The van der Waals surface area contributed by atoms with Gasteiger partial charge in [-0.15, -0.1) is 0 Å². The summed E-state index contributed by atoms with van der Waals surface area (Å²) in [5, 5.41) is 0. The van der Waals surface area contributed by atoms with Crippen molar-refractivity contribution in [1.82, 2.24) is 4.90 Å². The van der Waals surface area contributed by atoms with Crippen molar-refractivity contribution in [2.45, 2.75) is 26.4 Å². The quantitative estimate of drug-likeness (QED) is 0.657. The fraction of sp³-hybridized carbons (Fsp3) is 0.833. The average molecular weight is 259 g/mol. The van der Waals surface area contributed by atoms with Crippen molar-refractivity contribution >= 4 is 11.9 Å². The minimum absolute atomic E-state index is 0.173. The Balaban J connectivity index is 2.40. The number of hydrogen-bond acceptors (Lipinski definition) is 6. The monoisotopic (exact) mass is 259 g/mol. The maximum atomic E-state index is 11.7. The highest BCUT2D eigenvalue weighted by atomic mass is 16.6. The summed E-state index contributed by atoms with van der Waals surface area (Å²) >= 11 is 0. The zero-order chi connectivity index (χ0) is 13.6. The largest absolute Gasteiger partial charge is 0.463 e. The van der Waals surface area contributed by atoms with E-state index in [2.05, 4.69) is 0 Å². The van der Waals surface area contributed by atoms with Crippen LogP contribution >= 0.6 is 0 Å². The fourth-order valence-corrected chi connectivity index (χ4v) is 1.61. The van der Waals surface area contributed by atoms with E-state index in [1.54, 1.807) is 6.92 Å². The molecule has 0 bridgehead atoms. The van der Waals surface area contributed by atoms with Crippen LogP contribution in [0.15, 0.2) is 0 Å². The van der Waals surface area contributed by atoms with Crippen molar-refractivity contribution in [2.24, 2.45) is 0 Å². The molecule has 0 radical (unpaired) electrons. The zero-order valence-electron chi connectivity index (χ0n) is 11.2. The highest BCUT2D eigenvalue weighted by Crippen LogP contribution is 2.12. The molecule has 1 aliphatic heterocycles. The lowest BCUT2D eigenvalue weighted by Gasteiger charge is -2.28. The number of carbonyl (C=O) groups is 2. The Hall–Kier alpha value is -1.14. The van der Waals surface area contributed by atoms with Crippen molar-refractivity contribution in [3.63, 3.8) is 0 Å². The highest BCUT2D eigenvalue weighted by molar-refractivity contribution is 5.83. The van der Waals surface area contributed by atoms with Crippen LogP contribution in [0.3, 0.4) is 0 Å². The molecule has 18 heavy (non-hydrogen) atoms. The van der Waals surface area contributed by atoms with E-state index in [1.807, 2.05) is 4.90 Å². The third-order valence-electron chi connectivity index (χ3n) is 2.59. The Morgan fingerprint density at radius 1 is 1.28 bits per heavy atom. The Morgan fingerprint density at radius 2 is 1.89 bits per heavy atom. The molecule has 1 heterocycles. The van der Waals surface area contributed by atoms with Crippen LogP contribution in [0, 0.1) is 0 Å². The van der Waals surface area contributed by atoms with Gasteiger partial charge in [0.05, 0.1) is 26.4 Å². The van der Waals surface area contributed by atoms with Gasteiger partial charge in [-0.1, -0.05) is 0 Å². The van der Waals surface area contributed by atoms with Crippen LogP contribution < -0.4 is 0 Å². The minimum atomic E-state index is -1.24. The summed E-state index contributed by atoms with van der Waals surface area (Å²) in [6.07, 6.45) is 0. The van der Waals surface area contributed by atoms with E-state index in [1.165, 1.54) is 13.8 Å². The van der Waals surface area contributed by atoms with Crippen molar-refractivity contribution in [1.29, 1.82) is 0 Å². The molecular weight excluding hydrogens is 238 g/mol. The first-order valence-electron chi connectivity index (χ1n) is 6.15. The lowest BCUT2D eigenvalue weighted by Crippen LogP contribution is -2.44. The van der Waals surface area contributed by atoms with Crippen LogP contribution in [-0.2, 0) is 23.8 Å². The van der Waals surface area contributed by atoms with Gasteiger partial charge in [0, 0.05) is 13.1 Å². The molecule has 1 fully saturated rings. The third kappa shape index (κ3) is 4.62. The van der Waals surface area contributed by atoms with E-state index in [4.69, 9.17) is 14.2 Å². The van der Waals surface area contributed by atoms with Crippen molar-refractivity contribution in [2.75, 3.05) is 39.5 Å². The first-order valence-corrected chi connectivity index (χ1v) is 6.15. The maximum absolute atomic E-state index is 11.7. The number of esters is 2. The van der Waals surface area contributed by atoms with Crippen LogP contribution in [0.25, 0.3) is 0 Å². The van der Waals surface area contributed by atoms with E-state index >= 15 is 0 Å². The molecular formula is C12H21NO5. The predicted molar refractivity (Wildman–Crippen MR) is 64.1 cm³/mol. The van der Waals surface area contributed by atoms with Crippen LogP contribution in [0.2, 0.25) is 0 Å². The highest BCUT2D eigenvalue weighted by Gasteiger charge is 2.34. The smallest absolute Gasteiger partial charge is 0.349 e. The van der Waals surface area contributed by atoms with Gasteiger partial charge in [0.15, 0.2) is 0 Å². The van der Waals surface area contributed by atoms with Gasteiger partial charge < -0.3 is 14.2 Å². The molecule has 0 spiro atoms. The molecule has 6 nitrogen and oxygen atoms in total. The molecule has 0 aromatic heterocycles. The van der Waals surface area contributed by atoms with E-state index in [0.29, 0.717) is 26.3 Å². The molecule has 0 unspecified atom stereocenters. The SMILES string of the molecule is CCOC(=O)C(C)(C)OC(=O)CN1CCOCC1.